The molecule has 0 atom stereocenters. The van der Waals surface area contributed by atoms with Gasteiger partial charge in [-0.1, -0.05) is 19.4 Å². The van der Waals surface area contributed by atoms with Crippen LogP contribution in [-0.4, -0.2) is 30.9 Å². The Balaban J connectivity index is 2.46. The van der Waals surface area contributed by atoms with E-state index in [4.69, 9.17) is 5.73 Å². The average Bonchev–Trinajstić information content (AvgIpc) is 2.31. The molecule has 0 aliphatic carbocycles. The second-order valence-corrected chi connectivity index (χ2v) is 4.71. The Bertz CT molecular complexity index is 404. The molecule has 1 rings (SSSR count). The number of aryl methyl sites for hydroxylation is 1. The predicted molar refractivity (Wildman–Crippen MR) is 76.6 cm³/mol. The highest BCUT2D eigenvalue weighted by Gasteiger charge is 2.06. The lowest BCUT2D eigenvalue weighted by atomic mass is 10.2. The number of hydrogen-bond acceptors (Lipinski definition) is 3. The minimum Gasteiger partial charge on any atom is -0.398 e. The van der Waals surface area contributed by atoms with Crippen molar-refractivity contribution in [3.63, 3.8) is 0 Å². The van der Waals surface area contributed by atoms with Crippen molar-refractivity contribution in [1.29, 1.82) is 0 Å². The van der Waals surface area contributed by atoms with Gasteiger partial charge in [-0.3, -0.25) is 9.69 Å². The molecular formula is C14H23N3O. The van der Waals surface area contributed by atoms with Crippen molar-refractivity contribution < 1.29 is 4.79 Å². The maximum absolute atomic E-state index is 11.8. The van der Waals surface area contributed by atoms with E-state index in [1.807, 2.05) is 31.0 Å². The molecule has 0 aliphatic rings. The van der Waals surface area contributed by atoms with Crippen molar-refractivity contribution in [3.8, 4) is 0 Å². The number of nitrogen functional groups attached to an aromatic ring is 1. The third-order valence-electron chi connectivity index (χ3n) is 2.87. The summed E-state index contributed by atoms with van der Waals surface area (Å²) >= 11 is 0. The van der Waals surface area contributed by atoms with E-state index in [1.54, 1.807) is 6.07 Å². The number of benzene rings is 1. The van der Waals surface area contributed by atoms with Crippen molar-refractivity contribution in [3.05, 3.63) is 23.8 Å². The van der Waals surface area contributed by atoms with Crippen LogP contribution in [0.2, 0.25) is 0 Å². The summed E-state index contributed by atoms with van der Waals surface area (Å²) in [4.78, 5) is 13.8. The Labute approximate surface area is 109 Å². The smallest absolute Gasteiger partial charge is 0.238 e. The lowest BCUT2D eigenvalue weighted by molar-refractivity contribution is -0.117. The summed E-state index contributed by atoms with van der Waals surface area (Å²) in [6, 6.07) is 5.57. The first-order valence-electron chi connectivity index (χ1n) is 6.37. The van der Waals surface area contributed by atoms with Gasteiger partial charge >= 0.3 is 0 Å². The first-order valence-corrected chi connectivity index (χ1v) is 6.37. The van der Waals surface area contributed by atoms with Crippen LogP contribution in [0.5, 0.6) is 0 Å². The molecule has 0 radical (unpaired) electrons. The van der Waals surface area contributed by atoms with E-state index in [1.165, 1.54) is 0 Å². The molecule has 4 nitrogen and oxygen atoms in total. The molecule has 0 aliphatic heterocycles. The zero-order valence-corrected chi connectivity index (χ0v) is 11.5. The number of nitrogens with zero attached hydrogens (tertiary/aromatic N) is 1. The Morgan fingerprint density at radius 3 is 2.78 bits per heavy atom. The molecule has 1 aromatic rings. The Hall–Kier alpha value is -1.55. The fourth-order valence-electron chi connectivity index (χ4n) is 1.67. The van der Waals surface area contributed by atoms with Crippen LogP contribution >= 0.6 is 0 Å². The SMILES string of the molecule is CCCCN(C)CC(=O)Nc1ccc(C)c(N)c1. The summed E-state index contributed by atoms with van der Waals surface area (Å²) in [6.07, 6.45) is 2.25. The molecule has 0 heterocycles. The number of likely N-dealkylation sites (N-methyl/N-ethyl adjacent to an activating group) is 1. The average molecular weight is 249 g/mol. The van der Waals surface area contributed by atoms with E-state index in [2.05, 4.69) is 12.2 Å². The van der Waals surface area contributed by atoms with Gasteiger partial charge in [-0.2, -0.15) is 0 Å². The van der Waals surface area contributed by atoms with E-state index in [0.717, 1.165) is 30.6 Å². The molecule has 0 bridgehead atoms. The van der Waals surface area contributed by atoms with E-state index in [9.17, 15) is 4.79 Å². The summed E-state index contributed by atoms with van der Waals surface area (Å²) < 4.78 is 0. The molecule has 0 spiro atoms. The minimum atomic E-state index is -0.00291. The Morgan fingerprint density at radius 1 is 1.44 bits per heavy atom. The van der Waals surface area contributed by atoms with Crippen molar-refractivity contribution in [1.82, 2.24) is 4.90 Å². The fourth-order valence-corrected chi connectivity index (χ4v) is 1.67. The van der Waals surface area contributed by atoms with Gasteiger partial charge in [-0.25, -0.2) is 0 Å². The quantitative estimate of drug-likeness (QED) is 0.760. The van der Waals surface area contributed by atoms with Crippen molar-refractivity contribution >= 4 is 17.3 Å². The van der Waals surface area contributed by atoms with Crippen LogP contribution in [0.15, 0.2) is 18.2 Å². The number of amides is 1. The fraction of sp³-hybridized carbons (Fsp3) is 0.500. The molecular weight excluding hydrogens is 226 g/mol. The van der Waals surface area contributed by atoms with Crippen LogP contribution < -0.4 is 11.1 Å². The third-order valence-corrected chi connectivity index (χ3v) is 2.87. The maximum Gasteiger partial charge on any atom is 0.238 e. The molecule has 0 saturated heterocycles. The van der Waals surface area contributed by atoms with Crippen LogP contribution in [0.3, 0.4) is 0 Å². The van der Waals surface area contributed by atoms with Crippen LogP contribution in [0.25, 0.3) is 0 Å². The van der Waals surface area contributed by atoms with Crippen LogP contribution in [0.4, 0.5) is 11.4 Å². The van der Waals surface area contributed by atoms with Gasteiger partial charge in [-0.05, 0) is 44.6 Å². The summed E-state index contributed by atoms with van der Waals surface area (Å²) in [5.41, 5.74) is 8.28. The van der Waals surface area contributed by atoms with E-state index < -0.39 is 0 Å². The van der Waals surface area contributed by atoms with Gasteiger partial charge in [0.15, 0.2) is 0 Å². The minimum absolute atomic E-state index is 0.00291. The third kappa shape index (κ3) is 4.75. The molecule has 0 fully saturated rings. The summed E-state index contributed by atoms with van der Waals surface area (Å²) in [5, 5.41) is 2.86. The van der Waals surface area contributed by atoms with Crippen molar-refractivity contribution in [2.24, 2.45) is 0 Å². The van der Waals surface area contributed by atoms with Crippen LogP contribution in [0.1, 0.15) is 25.3 Å². The van der Waals surface area contributed by atoms with Gasteiger partial charge in [0.2, 0.25) is 5.91 Å². The van der Waals surface area contributed by atoms with Gasteiger partial charge in [-0.15, -0.1) is 0 Å². The van der Waals surface area contributed by atoms with E-state index in [0.29, 0.717) is 12.2 Å². The molecule has 3 N–H and O–H groups in total. The zero-order chi connectivity index (χ0) is 13.5. The molecule has 18 heavy (non-hydrogen) atoms. The topological polar surface area (TPSA) is 58.4 Å². The number of nitrogens with two attached hydrogens (primary N) is 1. The monoisotopic (exact) mass is 249 g/mol. The lowest BCUT2D eigenvalue weighted by Crippen LogP contribution is -2.30. The Morgan fingerprint density at radius 2 is 2.17 bits per heavy atom. The molecule has 0 unspecified atom stereocenters. The number of rotatable bonds is 6. The normalized spacial score (nSPS) is 10.7. The first kappa shape index (κ1) is 14.5. The molecule has 4 heteroatoms. The molecule has 1 aromatic carbocycles. The second-order valence-electron chi connectivity index (χ2n) is 4.71. The first-order chi connectivity index (χ1) is 8.52. The largest absolute Gasteiger partial charge is 0.398 e. The number of nitrogens with one attached hydrogen (secondary N) is 1. The van der Waals surface area contributed by atoms with Crippen molar-refractivity contribution in [2.75, 3.05) is 31.2 Å². The predicted octanol–water partition coefficient (Wildman–Crippen LogP) is 2.25. The summed E-state index contributed by atoms with van der Waals surface area (Å²) in [7, 11) is 1.96. The summed E-state index contributed by atoms with van der Waals surface area (Å²) in [5.74, 6) is -0.00291. The van der Waals surface area contributed by atoms with Crippen LogP contribution in [0, 0.1) is 6.92 Å². The van der Waals surface area contributed by atoms with Crippen LogP contribution in [-0.2, 0) is 4.79 Å². The standard InChI is InChI=1S/C14H23N3O/c1-4-5-8-17(3)10-14(18)16-12-7-6-11(2)13(15)9-12/h6-7,9H,4-5,8,10,15H2,1-3H3,(H,16,18). The highest BCUT2D eigenvalue weighted by molar-refractivity contribution is 5.92. The molecule has 1 amide bonds. The van der Waals surface area contributed by atoms with Gasteiger partial charge in [0.1, 0.15) is 0 Å². The van der Waals surface area contributed by atoms with Gasteiger partial charge in [0.25, 0.3) is 0 Å². The maximum atomic E-state index is 11.8. The van der Waals surface area contributed by atoms with Gasteiger partial charge in [0.05, 0.1) is 6.54 Å². The van der Waals surface area contributed by atoms with E-state index in [-0.39, 0.29) is 5.91 Å². The highest BCUT2D eigenvalue weighted by Crippen LogP contribution is 2.16. The Kier molecular flexibility index (Phi) is 5.65. The van der Waals surface area contributed by atoms with E-state index >= 15 is 0 Å². The number of hydrogen-bond donors (Lipinski definition) is 2. The molecule has 0 saturated carbocycles. The van der Waals surface area contributed by atoms with Gasteiger partial charge < -0.3 is 11.1 Å². The highest BCUT2D eigenvalue weighted by atomic mass is 16.2. The second kappa shape index (κ2) is 7.01. The number of carbonyl (C=O) groups is 1. The summed E-state index contributed by atoms with van der Waals surface area (Å²) in [6.45, 7) is 5.44. The zero-order valence-electron chi connectivity index (χ0n) is 11.5. The lowest BCUT2D eigenvalue weighted by Gasteiger charge is -2.15. The number of anilines is 2. The number of carbonyl (C=O) groups excluding carboxylic acids is 1. The molecule has 0 aromatic heterocycles. The molecule has 100 valence electrons. The van der Waals surface area contributed by atoms with Crippen molar-refractivity contribution in [2.45, 2.75) is 26.7 Å². The van der Waals surface area contributed by atoms with Gasteiger partial charge in [0, 0.05) is 11.4 Å². The number of unbranched alkanes of at least 4 members (excludes halogenated alkanes) is 1.